The van der Waals surface area contributed by atoms with Crippen LogP contribution >= 0.6 is 11.6 Å². The summed E-state index contributed by atoms with van der Waals surface area (Å²) < 4.78 is 7.84. The molecule has 0 bridgehead atoms. The molecule has 1 aliphatic rings. The van der Waals surface area contributed by atoms with Crippen LogP contribution in [0.5, 0.6) is 0 Å². The summed E-state index contributed by atoms with van der Waals surface area (Å²) in [5.41, 5.74) is 5.74. The highest BCUT2D eigenvalue weighted by Gasteiger charge is 2.14. The lowest BCUT2D eigenvalue weighted by atomic mass is 10.0. The van der Waals surface area contributed by atoms with Crippen LogP contribution in [0.4, 0.5) is 0 Å². The number of morpholine rings is 1. The van der Waals surface area contributed by atoms with E-state index in [2.05, 4.69) is 57.0 Å². The van der Waals surface area contributed by atoms with Crippen LogP contribution in [0.25, 0.3) is 33.2 Å². The van der Waals surface area contributed by atoms with E-state index < -0.39 is 0 Å². The first-order chi connectivity index (χ1) is 14.8. The normalized spacial score (nSPS) is 15.0. The summed E-state index contributed by atoms with van der Waals surface area (Å²) in [6, 6.07) is 18.7. The van der Waals surface area contributed by atoms with E-state index in [-0.39, 0.29) is 0 Å². The van der Waals surface area contributed by atoms with Crippen LogP contribution < -0.4 is 0 Å². The van der Waals surface area contributed by atoms with Gasteiger partial charge in [-0.3, -0.25) is 9.88 Å². The average molecular weight is 418 g/mol. The number of hydrogen-bond acceptors (Lipinski definition) is 3. The molecule has 0 amide bonds. The number of halogens is 1. The first-order valence-electron chi connectivity index (χ1n) is 10.4. The highest BCUT2D eigenvalue weighted by Crippen LogP contribution is 2.33. The molecule has 0 unspecified atom stereocenters. The number of nitrogens with zero attached hydrogens (tertiary/aromatic N) is 3. The lowest BCUT2D eigenvalue weighted by Crippen LogP contribution is -2.38. The Morgan fingerprint density at radius 2 is 1.70 bits per heavy atom. The number of ether oxygens (including phenoxy) is 1. The molecule has 3 heterocycles. The topological polar surface area (TPSA) is 30.3 Å². The Labute approximate surface area is 181 Å². The standard InChI is InChI=1S/C25H24ClN3O/c26-22-5-3-4-19(15-22)20-14-21(17-27-16-20)24-18-29(25-7-2-1-6-23(24)25)9-8-28-10-12-30-13-11-28/h1-7,14-18H,8-13H2. The Hall–Kier alpha value is -2.66. The maximum atomic E-state index is 6.20. The monoisotopic (exact) mass is 417 g/mol. The molecule has 4 nitrogen and oxygen atoms in total. The number of aromatic nitrogens is 2. The summed E-state index contributed by atoms with van der Waals surface area (Å²) in [6.45, 7) is 5.68. The van der Waals surface area contributed by atoms with Crippen molar-refractivity contribution in [2.24, 2.45) is 0 Å². The number of pyridine rings is 1. The summed E-state index contributed by atoms with van der Waals surface area (Å²) in [7, 11) is 0. The van der Waals surface area contributed by atoms with Gasteiger partial charge in [-0.15, -0.1) is 0 Å². The fraction of sp³-hybridized carbons (Fsp3) is 0.240. The molecule has 1 fully saturated rings. The molecule has 2 aromatic carbocycles. The predicted molar refractivity (Wildman–Crippen MR) is 123 cm³/mol. The maximum absolute atomic E-state index is 6.20. The molecule has 5 rings (SSSR count). The molecule has 0 aliphatic carbocycles. The van der Waals surface area contributed by atoms with Crippen LogP contribution in [0, 0.1) is 0 Å². The molecule has 152 valence electrons. The molecular weight excluding hydrogens is 394 g/mol. The molecule has 0 radical (unpaired) electrons. The van der Waals surface area contributed by atoms with E-state index in [0.717, 1.165) is 61.1 Å². The molecule has 5 heteroatoms. The van der Waals surface area contributed by atoms with Crippen molar-refractivity contribution < 1.29 is 4.74 Å². The van der Waals surface area contributed by atoms with Gasteiger partial charge in [0.15, 0.2) is 0 Å². The summed E-state index contributed by atoms with van der Waals surface area (Å²) in [5, 5.41) is 1.99. The Balaban J connectivity index is 1.49. The van der Waals surface area contributed by atoms with E-state index >= 15 is 0 Å². The van der Waals surface area contributed by atoms with Crippen molar-refractivity contribution in [2.75, 3.05) is 32.8 Å². The fourth-order valence-electron chi connectivity index (χ4n) is 4.15. The summed E-state index contributed by atoms with van der Waals surface area (Å²) in [4.78, 5) is 7.00. The van der Waals surface area contributed by atoms with Gasteiger partial charge in [0.2, 0.25) is 0 Å². The molecular formula is C25H24ClN3O. The van der Waals surface area contributed by atoms with Gasteiger partial charge in [0.05, 0.1) is 13.2 Å². The van der Waals surface area contributed by atoms with Gasteiger partial charge in [-0.05, 0) is 29.8 Å². The van der Waals surface area contributed by atoms with Gasteiger partial charge in [-0.1, -0.05) is 41.9 Å². The molecule has 2 aromatic heterocycles. The van der Waals surface area contributed by atoms with Crippen molar-refractivity contribution in [3.8, 4) is 22.3 Å². The van der Waals surface area contributed by atoms with E-state index in [1.807, 2.05) is 30.6 Å². The maximum Gasteiger partial charge on any atom is 0.0594 e. The van der Waals surface area contributed by atoms with Crippen LogP contribution in [0.15, 0.2) is 73.2 Å². The van der Waals surface area contributed by atoms with E-state index in [1.165, 1.54) is 16.5 Å². The SMILES string of the molecule is Clc1cccc(-c2cncc(-c3cn(CCN4CCOCC4)c4ccccc34)c2)c1. The minimum Gasteiger partial charge on any atom is -0.379 e. The minimum absolute atomic E-state index is 0.734. The third kappa shape index (κ3) is 3.99. The van der Waals surface area contributed by atoms with Gasteiger partial charge in [0, 0.05) is 77.4 Å². The molecule has 30 heavy (non-hydrogen) atoms. The van der Waals surface area contributed by atoms with Gasteiger partial charge in [-0.2, -0.15) is 0 Å². The number of para-hydroxylation sites is 1. The van der Waals surface area contributed by atoms with Gasteiger partial charge in [-0.25, -0.2) is 0 Å². The fourth-order valence-corrected chi connectivity index (χ4v) is 4.34. The second-order valence-corrected chi connectivity index (χ2v) is 8.12. The Morgan fingerprint density at radius 3 is 2.57 bits per heavy atom. The average Bonchev–Trinajstić information content (AvgIpc) is 3.17. The van der Waals surface area contributed by atoms with Crippen molar-refractivity contribution in [3.63, 3.8) is 0 Å². The Bertz CT molecular complexity index is 1160. The van der Waals surface area contributed by atoms with Gasteiger partial charge in [0.1, 0.15) is 0 Å². The third-order valence-electron chi connectivity index (χ3n) is 5.76. The lowest BCUT2D eigenvalue weighted by molar-refractivity contribution is 0.0365. The molecule has 1 saturated heterocycles. The van der Waals surface area contributed by atoms with Crippen molar-refractivity contribution >= 4 is 22.5 Å². The molecule has 0 spiro atoms. The zero-order valence-corrected chi connectivity index (χ0v) is 17.6. The smallest absolute Gasteiger partial charge is 0.0594 e. The first kappa shape index (κ1) is 19.3. The Morgan fingerprint density at radius 1 is 0.867 bits per heavy atom. The van der Waals surface area contributed by atoms with Gasteiger partial charge in [0.25, 0.3) is 0 Å². The van der Waals surface area contributed by atoms with Crippen molar-refractivity contribution in [3.05, 3.63) is 78.2 Å². The van der Waals surface area contributed by atoms with E-state index in [1.54, 1.807) is 0 Å². The van der Waals surface area contributed by atoms with Crippen LogP contribution in [0.1, 0.15) is 0 Å². The van der Waals surface area contributed by atoms with Crippen molar-refractivity contribution in [1.29, 1.82) is 0 Å². The van der Waals surface area contributed by atoms with E-state index in [0.29, 0.717) is 0 Å². The third-order valence-corrected chi connectivity index (χ3v) is 5.99. The number of benzene rings is 2. The predicted octanol–water partition coefficient (Wildman–Crippen LogP) is 5.36. The highest BCUT2D eigenvalue weighted by molar-refractivity contribution is 6.30. The highest BCUT2D eigenvalue weighted by atomic mass is 35.5. The number of rotatable bonds is 5. The van der Waals surface area contributed by atoms with Crippen LogP contribution in [0.2, 0.25) is 5.02 Å². The summed E-state index contributed by atoms with van der Waals surface area (Å²) in [5.74, 6) is 0. The van der Waals surface area contributed by atoms with Crippen LogP contribution in [-0.2, 0) is 11.3 Å². The summed E-state index contributed by atoms with van der Waals surface area (Å²) >= 11 is 6.20. The zero-order valence-electron chi connectivity index (χ0n) is 16.8. The zero-order chi connectivity index (χ0) is 20.3. The quantitative estimate of drug-likeness (QED) is 0.438. The van der Waals surface area contributed by atoms with E-state index in [9.17, 15) is 0 Å². The molecule has 4 aromatic rings. The second kappa shape index (κ2) is 8.60. The lowest BCUT2D eigenvalue weighted by Gasteiger charge is -2.26. The van der Waals surface area contributed by atoms with Crippen LogP contribution in [-0.4, -0.2) is 47.3 Å². The van der Waals surface area contributed by atoms with Gasteiger partial charge < -0.3 is 9.30 Å². The first-order valence-corrected chi connectivity index (χ1v) is 10.7. The number of fused-ring (bicyclic) bond motifs is 1. The van der Waals surface area contributed by atoms with Crippen LogP contribution in [0.3, 0.4) is 0 Å². The molecule has 0 atom stereocenters. The molecule has 0 saturated carbocycles. The largest absolute Gasteiger partial charge is 0.379 e. The second-order valence-electron chi connectivity index (χ2n) is 7.68. The summed E-state index contributed by atoms with van der Waals surface area (Å²) in [6.07, 6.45) is 6.11. The molecule has 1 aliphatic heterocycles. The van der Waals surface area contributed by atoms with Crippen molar-refractivity contribution in [2.45, 2.75) is 6.54 Å². The van der Waals surface area contributed by atoms with Crippen molar-refractivity contribution in [1.82, 2.24) is 14.5 Å². The van der Waals surface area contributed by atoms with Gasteiger partial charge >= 0.3 is 0 Å². The Kier molecular flexibility index (Phi) is 5.54. The van der Waals surface area contributed by atoms with E-state index in [4.69, 9.17) is 16.3 Å². The minimum atomic E-state index is 0.734. The molecule has 0 N–H and O–H groups in total. The number of hydrogen-bond donors (Lipinski definition) is 0.